The summed E-state index contributed by atoms with van der Waals surface area (Å²) in [5.41, 5.74) is 5.42. The Balaban J connectivity index is 2.28. The van der Waals surface area contributed by atoms with Crippen LogP contribution in [0.15, 0.2) is 0 Å². The maximum atomic E-state index is 11.0. The van der Waals surface area contributed by atoms with Crippen LogP contribution < -0.4 is 5.73 Å². The minimum absolute atomic E-state index is 0.407. The van der Waals surface area contributed by atoms with Gasteiger partial charge in [0.15, 0.2) is 0 Å². The number of nitrogens with two attached hydrogens (primary N) is 1. The van der Waals surface area contributed by atoms with E-state index >= 15 is 0 Å². The minimum Gasteiger partial charge on any atom is -0.329 e. The fraction of sp³-hybridized carbons (Fsp3) is 0.875. The van der Waals surface area contributed by atoms with Gasteiger partial charge in [-0.1, -0.05) is 0 Å². The lowest BCUT2D eigenvalue weighted by atomic mass is 10.2. The second-order valence-electron chi connectivity index (χ2n) is 3.02. The number of hydrogen-bond acceptors (Lipinski definition) is 3. The van der Waals surface area contributed by atoms with E-state index < -0.39 is 0 Å². The van der Waals surface area contributed by atoms with Crippen LogP contribution in [0.5, 0.6) is 0 Å². The predicted molar refractivity (Wildman–Crippen MR) is 44.4 cm³/mol. The fourth-order valence-electron chi connectivity index (χ4n) is 1.43. The Bertz CT molecular complexity index is 136. The molecule has 0 atom stereocenters. The van der Waals surface area contributed by atoms with Crippen LogP contribution in [0.1, 0.15) is 19.3 Å². The summed E-state index contributed by atoms with van der Waals surface area (Å²) in [6.45, 7) is 3.60. The third-order valence-corrected chi connectivity index (χ3v) is 2.08. The molecule has 1 aliphatic rings. The summed E-state index contributed by atoms with van der Waals surface area (Å²) in [6.07, 6.45) is 2.50. The molecule has 1 heterocycles. The molecule has 0 saturated carbocycles. The molecule has 0 aromatic rings. The summed E-state index contributed by atoms with van der Waals surface area (Å²) in [4.78, 5) is 13.2. The molecular weight excluding hydrogens is 140 g/mol. The fourth-order valence-corrected chi connectivity index (χ4v) is 1.43. The summed E-state index contributed by atoms with van der Waals surface area (Å²) in [5, 5.41) is 0. The van der Waals surface area contributed by atoms with Crippen molar-refractivity contribution in [1.82, 2.24) is 4.90 Å². The van der Waals surface area contributed by atoms with Crippen molar-refractivity contribution in [2.24, 2.45) is 5.73 Å². The van der Waals surface area contributed by atoms with Gasteiger partial charge in [0.25, 0.3) is 0 Å². The number of ketones is 1. The Morgan fingerprint density at radius 3 is 2.91 bits per heavy atom. The van der Waals surface area contributed by atoms with E-state index in [9.17, 15) is 4.79 Å². The van der Waals surface area contributed by atoms with Gasteiger partial charge in [0.05, 0.1) is 0 Å². The number of nitrogens with zero attached hydrogens (tertiary/aromatic N) is 1. The summed E-state index contributed by atoms with van der Waals surface area (Å²) >= 11 is 0. The molecule has 64 valence electrons. The van der Waals surface area contributed by atoms with E-state index in [1.54, 1.807) is 0 Å². The SMILES string of the molecule is NCCN1CCCC(=O)CC1. The van der Waals surface area contributed by atoms with Crippen LogP contribution in [0.4, 0.5) is 0 Å². The van der Waals surface area contributed by atoms with Crippen LogP contribution in [-0.2, 0) is 4.79 Å². The highest BCUT2D eigenvalue weighted by Gasteiger charge is 2.12. The Morgan fingerprint density at radius 2 is 2.18 bits per heavy atom. The summed E-state index contributed by atoms with van der Waals surface area (Å²) < 4.78 is 0. The molecule has 0 aromatic heterocycles. The van der Waals surface area contributed by atoms with E-state index in [0.29, 0.717) is 12.3 Å². The van der Waals surface area contributed by atoms with Crippen LogP contribution in [-0.4, -0.2) is 36.9 Å². The average molecular weight is 156 g/mol. The minimum atomic E-state index is 0.407. The third-order valence-electron chi connectivity index (χ3n) is 2.08. The standard InChI is InChI=1S/C8H16N2O/c9-4-7-10-5-1-2-8(11)3-6-10/h1-7,9H2. The number of hydrogen-bond donors (Lipinski definition) is 1. The Morgan fingerprint density at radius 1 is 1.36 bits per heavy atom. The van der Waals surface area contributed by atoms with E-state index in [1.807, 2.05) is 0 Å². The molecule has 3 nitrogen and oxygen atoms in total. The first-order valence-corrected chi connectivity index (χ1v) is 4.27. The van der Waals surface area contributed by atoms with Crippen molar-refractivity contribution in [3.8, 4) is 0 Å². The van der Waals surface area contributed by atoms with E-state index in [0.717, 1.165) is 38.9 Å². The molecule has 0 aliphatic carbocycles. The molecule has 1 aliphatic heterocycles. The maximum absolute atomic E-state index is 11.0. The number of carbonyl (C=O) groups excluding carboxylic acids is 1. The van der Waals surface area contributed by atoms with Gasteiger partial charge in [-0.2, -0.15) is 0 Å². The normalized spacial score (nSPS) is 21.7. The van der Waals surface area contributed by atoms with Crippen molar-refractivity contribution in [1.29, 1.82) is 0 Å². The first-order valence-electron chi connectivity index (χ1n) is 4.27. The van der Waals surface area contributed by atoms with E-state index in [-0.39, 0.29) is 0 Å². The molecule has 1 saturated heterocycles. The molecule has 11 heavy (non-hydrogen) atoms. The molecule has 3 heteroatoms. The van der Waals surface area contributed by atoms with Crippen LogP contribution >= 0.6 is 0 Å². The van der Waals surface area contributed by atoms with Gasteiger partial charge < -0.3 is 10.6 Å². The second-order valence-corrected chi connectivity index (χ2v) is 3.02. The second kappa shape index (κ2) is 4.46. The van der Waals surface area contributed by atoms with Crippen molar-refractivity contribution >= 4 is 5.78 Å². The summed E-state index contributed by atoms with van der Waals surface area (Å²) in [5.74, 6) is 0.407. The topological polar surface area (TPSA) is 46.3 Å². The molecule has 0 aromatic carbocycles. The summed E-state index contributed by atoms with van der Waals surface area (Å²) in [7, 11) is 0. The lowest BCUT2D eigenvalue weighted by molar-refractivity contribution is -0.118. The summed E-state index contributed by atoms with van der Waals surface area (Å²) in [6, 6.07) is 0. The zero-order valence-electron chi connectivity index (χ0n) is 6.88. The van der Waals surface area contributed by atoms with Gasteiger partial charge >= 0.3 is 0 Å². The number of rotatable bonds is 2. The van der Waals surface area contributed by atoms with Gasteiger partial charge in [0.1, 0.15) is 5.78 Å². The predicted octanol–water partition coefficient (Wildman–Crippen LogP) is 0.0001000. The Labute approximate surface area is 67.5 Å². The number of Topliss-reactive ketones (excluding diaryl/α,β-unsaturated/α-hetero) is 1. The average Bonchev–Trinajstić information content (AvgIpc) is 2.17. The first-order chi connectivity index (χ1) is 5.33. The zero-order valence-corrected chi connectivity index (χ0v) is 6.88. The molecule has 0 unspecified atom stereocenters. The highest BCUT2D eigenvalue weighted by Crippen LogP contribution is 2.05. The molecular formula is C8H16N2O. The van der Waals surface area contributed by atoms with Crippen molar-refractivity contribution in [2.45, 2.75) is 19.3 Å². The number of likely N-dealkylation sites (tertiary alicyclic amines) is 1. The largest absolute Gasteiger partial charge is 0.329 e. The highest BCUT2D eigenvalue weighted by molar-refractivity contribution is 5.78. The van der Waals surface area contributed by atoms with Gasteiger partial charge in [-0.05, 0) is 13.0 Å². The highest BCUT2D eigenvalue weighted by atomic mass is 16.1. The molecule has 2 N–H and O–H groups in total. The van der Waals surface area contributed by atoms with Crippen molar-refractivity contribution in [2.75, 3.05) is 26.2 Å². The molecule has 0 bridgehead atoms. The van der Waals surface area contributed by atoms with Crippen LogP contribution in [0.25, 0.3) is 0 Å². The van der Waals surface area contributed by atoms with Crippen LogP contribution in [0, 0.1) is 0 Å². The maximum Gasteiger partial charge on any atom is 0.134 e. The van der Waals surface area contributed by atoms with Gasteiger partial charge in [-0.15, -0.1) is 0 Å². The zero-order chi connectivity index (χ0) is 8.10. The lowest BCUT2D eigenvalue weighted by Crippen LogP contribution is -2.30. The van der Waals surface area contributed by atoms with E-state index in [1.165, 1.54) is 0 Å². The Kier molecular flexibility index (Phi) is 3.52. The molecule has 1 fully saturated rings. The van der Waals surface area contributed by atoms with Crippen LogP contribution in [0.3, 0.4) is 0 Å². The lowest BCUT2D eigenvalue weighted by Gasteiger charge is -2.17. The first kappa shape index (κ1) is 8.68. The quantitative estimate of drug-likeness (QED) is 0.612. The monoisotopic (exact) mass is 156 g/mol. The Hall–Kier alpha value is -0.410. The van der Waals surface area contributed by atoms with E-state index in [2.05, 4.69) is 4.90 Å². The van der Waals surface area contributed by atoms with Gasteiger partial charge in [-0.25, -0.2) is 0 Å². The molecule has 1 rings (SSSR count). The van der Waals surface area contributed by atoms with Gasteiger partial charge in [-0.3, -0.25) is 4.79 Å². The third kappa shape index (κ3) is 2.99. The van der Waals surface area contributed by atoms with Gasteiger partial charge in [0, 0.05) is 32.5 Å². The van der Waals surface area contributed by atoms with E-state index in [4.69, 9.17) is 5.73 Å². The van der Waals surface area contributed by atoms with Crippen molar-refractivity contribution < 1.29 is 4.79 Å². The molecule has 0 amide bonds. The van der Waals surface area contributed by atoms with Crippen LogP contribution in [0.2, 0.25) is 0 Å². The van der Waals surface area contributed by atoms with Gasteiger partial charge in [0.2, 0.25) is 0 Å². The smallest absolute Gasteiger partial charge is 0.134 e. The van der Waals surface area contributed by atoms with Crippen molar-refractivity contribution in [3.63, 3.8) is 0 Å². The molecule has 0 spiro atoms. The number of carbonyl (C=O) groups is 1. The molecule has 0 radical (unpaired) electrons. The van der Waals surface area contributed by atoms with Crippen molar-refractivity contribution in [3.05, 3.63) is 0 Å².